The third-order valence-corrected chi connectivity index (χ3v) is 10.5. The predicted molar refractivity (Wildman–Crippen MR) is 224 cm³/mol. The molecule has 1 atom stereocenters. The molecule has 0 amide bonds. The molecule has 0 heterocycles. The van der Waals surface area contributed by atoms with Gasteiger partial charge in [-0.05, 0) is 31.1 Å². The Bertz CT molecular complexity index is 809. The molecule has 0 radical (unpaired) electrons. The maximum atomic E-state index is 12.7. The third-order valence-electron chi connectivity index (χ3n) is 10.5. The fourth-order valence-corrected chi connectivity index (χ4v) is 6.93. The predicted octanol–water partition coefficient (Wildman–Crippen LogP) is 14.6. The topological polar surface area (TPSA) is 78.9 Å². The van der Waals surface area contributed by atoms with Crippen molar-refractivity contribution in [3.63, 3.8) is 0 Å². The minimum absolute atomic E-state index is 0.0651. The number of rotatable bonds is 41. The first-order chi connectivity index (χ1) is 25.7. The van der Waals surface area contributed by atoms with Crippen molar-refractivity contribution < 1.29 is 28.6 Å². The fourth-order valence-electron chi connectivity index (χ4n) is 6.93. The lowest BCUT2D eigenvalue weighted by molar-refractivity contribution is -0.167. The number of unbranched alkanes of at least 4 members (excludes halogenated alkanes) is 26. The molecule has 314 valence electrons. The molecule has 53 heavy (non-hydrogen) atoms. The Balaban J connectivity index is 4.33. The van der Waals surface area contributed by atoms with Crippen LogP contribution in [0.2, 0.25) is 0 Å². The van der Waals surface area contributed by atoms with Crippen LogP contribution >= 0.6 is 0 Å². The smallest absolute Gasteiger partial charge is 0.306 e. The summed E-state index contributed by atoms with van der Waals surface area (Å²) in [7, 11) is 0. The maximum absolute atomic E-state index is 12.7. The van der Waals surface area contributed by atoms with Crippen LogP contribution in [-0.4, -0.2) is 37.2 Å². The first-order valence-electron chi connectivity index (χ1n) is 23.2. The van der Waals surface area contributed by atoms with Gasteiger partial charge in [0.25, 0.3) is 0 Å². The average molecular weight is 751 g/mol. The molecule has 0 unspecified atom stereocenters. The molecule has 0 aromatic carbocycles. The van der Waals surface area contributed by atoms with Gasteiger partial charge in [-0.25, -0.2) is 0 Å². The van der Waals surface area contributed by atoms with Gasteiger partial charge in [0.2, 0.25) is 0 Å². The van der Waals surface area contributed by atoms with Crippen LogP contribution in [0.3, 0.4) is 0 Å². The molecule has 0 aromatic heterocycles. The SMILES string of the molecule is CCCCCCCCCCCCCCC(=O)OC[C@@H](COC(=O)CCCCCCCCCC(C)C)OC(=O)CCCCCCCCCCCCC(C)C. The molecule has 0 rings (SSSR count). The Morgan fingerprint density at radius 3 is 0.925 bits per heavy atom. The first kappa shape index (κ1) is 51.4. The quantitative estimate of drug-likeness (QED) is 0.0352. The summed E-state index contributed by atoms with van der Waals surface area (Å²) in [6.45, 7) is 11.3. The number of hydrogen-bond donors (Lipinski definition) is 0. The highest BCUT2D eigenvalue weighted by atomic mass is 16.6. The summed E-state index contributed by atoms with van der Waals surface area (Å²) in [5.41, 5.74) is 0. The van der Waals surface area contributed by atoms with E-state index < -0.39 is 6.10 Å². The van der Waals surface area contributed by atoms with Crippen LogP contribution < -0.4 is 0 Å². The van der Waals surface area contributed by atoms with Gasteiger partial charge < -0.3 is 14.2 Å². The summed E-state index contributed by atoms with van der Waals surface area (Å²) in [4.78, 5) is 37.7. The van der Waals surface area contributed by atoms with Crippen molar-refractivity contribution in [2.45, 2.75) is 259 Å². The lowest BCUT2D eigenvalue weighted by Gasteiger charge is -2.18. The second kappa shape index (κ2) is 40.1. The molecule has 0 aliphatic carbocycles. The molecule has 6 heteroatoms. The highest BCUT2D eigenvalue weighted by Gasteiger charge is 2.19. The van der Waals surface area contributed by atoms with Crippen LogP contribution in [0, 0.1) is 11.8 Å². The van der Waals surface area contributed by atoms with Gasteiger partial charge in [0.1, 0.15) is 13.2 Å². The molecule has 0 spiro atoms. The Labute approximate surface area is 329 Å². The van der Waals surface area contributed by atoms with Crippen molar-refractivity contribution in [2.75, 3.05) is 13.2 Å². The molecule has 6 nitrogen and oxygen atoms in total. The van der Waals surface area contributed by atoms with Crippen LogP contribution in [0.25, 0.3) is 0 Å². The van der Waals surface area contributed by atoms with Crippen LogP contribution in [0.5, 0.6) is 0 Å². The molecule has 0 aliphatic heterocycles. The Kier molecular flexibility index (Phi) is 38.9. The van der Waals surface area contributed by atoms with Gasteiger partial charge in [0, 0.05) is 19.3 Å². The second-order valence-electron chi connectivity index (χ2n) is 17.0. The van der Waals surface area contributed by atoms with Crippen molar-refractivity contribution in [1.82, 2.24) is 0 Å². The highest BCUT2D eigenvalue weighted by molar-refractivity contribution is 5.71. The monoisotopic (exact) mass is 751 g/mol. The number of carbonyl (C=O) groups is 3. The minimum Gasteiger partial charge on any atom is -0.462 e. The van der Waals surface area contributed by atoms with E-state index in [1.54, 1.807) is 0 Å². The number of carbonyl (C=O) groups excluding carboxylic acids is 3. The van der Waals surface area contributed by atoms with E-state index in [9.17, 15) is 14.4 Å². The van der Waals surface area contributed by atoms with Gasteiger partial charge in [-0.1, -0.05) is 214 Å². The molecule has 0 saturated carbocycles. The van der Waals surface area contributed by atoms with Crippen LogP contribution in [-0.2, 0) is 28.6 Å². The van der Waals surface area contributed by atoms with E-state index in [4.69, 9.17) is 14.2 Å². The minimum atomic E-state index is -0.760. The summed E-state index contributed by atoms with van der Waals surface area (Å²) in [6.07, 6.45) is 38.1. The molecule has 0 aliphatic rings. The summed E-state index contributed by atoms with van der Waals surface area (Å²) in [6, 6.07) is 0. The van der Waals surface area contributed by atoms with Gasteiger partial charge in [-0.2, -0.15) is 0 Å². The average Bonchev–Trinajstić information content (AvgIpc) is 3.12. The first-order valence-corrected chi connectivity index (χ1v) is 23.2. The summed E-state index contributed by atoms with van der Waals surface area (Å²) in [5.74, 6) is 0.739. The highest BCUT2D eigenvalue weighted by Crippen LogP contribution is 2.16. The Morgan fingerprint density at radius 2 is 0.623 bits per heavy atom. The number of ether oxygens (including phenoxy) is 3. The fraction of sp³-hybridized carbons (Fsp3) is 0.936. The van der Waals surface area contributed by atoms with Crippen LogP contribution in [0.4, 0.5) is 0 Å². The molecule has 0 aromatic rings. The number of hydrogen-bond acceptors (Lipinski definition) is 6. The van der Waals surface area contributed by atoms with E-state index >= 15 is 0 Å². The zero-order valence-corrected chi connectivity index (χ0v) is 36.1. The summed E-state index contributed by atoms with van der Waals surface area (Å²) in [5, 5.41) is 0. The molecule has 0 fully saturated rings. The van der Waals surface area contributed by atoms with Crippen molar-refractivity contribution in [2.24, 2.45) is 11.8 Å². The summed E-state index contributed by atoms with van der Waals surface area (Å²) < 4.78 is 16.7. The largest absolute Gasteiger partial charge is 0.462 e. The second-order valence-corrected chi connectivity index (χ2v) is 17.0. The van der Waals surface area contributed by atoms with Gasteiger partial charge in [-0.15, -0.1) is 0 Å². The van der Waals surface area contributed by atoms with E-state index in [0.29, 0.717) is 19.3 Å². The van der Waals surface area contributed by atoms with Gasteiger partial charge in [-0.3, -0.25) is 14.4 Å². The summed E-state index contributed by atoms with van der Waals surface area (Å²) >= 11 is 0. The zero-order chi connectivity index (χ0) is 39.0. The van der Waals surface area contributed by atoms with Gasteiger partial charge in [0.05, 0.1) is 0 Å². The van der Waals surface area contributed by atoms with Crippen molar-refractivity contribution in [1.29, 1.82) is 0 Å². The van der Waals surface area contributed by atoms with E-state index in [1.807, 2.05) is 0 Å². The molecular weight excluding hydrogens is 661 g/mol. The molecular formula is C47H90O6. The zero-order valence-electron chi connectivity index (χ0n) is 36.1. The number of esters is 3. The van der Waals surface area contributed by atoms with Crippen molar-refractivity contribution >= 4 is 17.9 Å². The van der Waals surface area contributed by atoms with E-state index in [-0.39, 0.29) is 31.1 Å². The van der Waals surface area contributed by atoms with Crippen LogP contribution in [0.1, 0.15) is 253 Å². The van der Waals surface area contributed by atoms with Crippen molar-refractivity contribution in [3.05, 3.63) is 0 Å². The van der Waals surface area contributed by atoms with Crippen LogP contribution in [0.15, 0.2) is 0 Å². The van der Waals surface area contributed by atoms with E-state index in [0.717, 1.165) is 69.6 Å². The van der Waals surface area contributed by atoms with Gasteiger partial charge >= 0.3 is 17.9 Å². The standard InChI is InChI=1S/C47H90O6/c1-6-7-8-9-10-11-12-13-17-22-27-32-37-45(48)51-40-44(41-52-46(49)38-33-28-24-19-21-26-31-36-43(4)5)53-47(50)39-34-29-23-18-15-14-16-20-25-30-35-42(2)3/h42-44H,6-41H2,1-5H3/t44-/m0/s1. The Morgan fingerprint density at radius 1 is 0.358 bits per heavy atom. The van der Waals surface area contributed by atoms with Crippen molar-refractivity contribution in [3.8, 4) is 0 Å². The van der Waals surface area contributed by atoms with Gasteiger partial charge in [0.15, 0.2) is 6.10 Å². The molecule has 0 N–H and O–H groups in total. The molecule has 0 bridgehead atoms. The third kappa shape index (κ3) is 41.4. The Hall–Kier alpha value is -1.59. The lowest BCUT2D eigenvalue weighted by Crippen LogP contribution is -2.30. The lowest BCUT2D eigenvalue weighted by atomic mass is 10.0. The molecule has 0 saturated heterocycles. The maximum Gasteiger partial charge on any atom is 0.306 e. The van der Waals surface area contributed by atoms with E-state index in [2.05, 4.69) is 34.6 Å². The van der Waals surface area contributed by atoms with E-state index in [1.165, 1.54) is 141 Å². The normalized spacial score (nSPS) is 12.1.